The molecule has 11 rings (SSSR count). The Bertz CT molecular complexity index is 3180. The third-order valence-electron chi connectivity index (χ3n) is 10.9. The van der Waals surface area contributed by atoms with Crippen molar-refractivity contribution in [3.05, 3.63) is 200 Å². The van der Waals surface area contributed by atoms with Crippen LogP contribution in [0.3, 0.4) is 0 Å². The highest BCUT2D eigenvalue weighted by Crippen LogP contribution is 2.50. The highest BCUT2D eigenvalue weighted by atomic mass is 32.1. The molecule has 0 unspecified atom stereocenters. The summed E-state index contributed by atoms with van der Waals surface area (Å²) in [6, 6.07) is 71.9. The molecule has 55 heavy (non-hydrogen) atoms. The monoisotopic (exact) mass is 719 g/mol. The van der Waals surface area contributed by atoms with E-state index in [1.807, 2.05) is 11.3 Å². The molecule has 0 radical (unpaired) electrons. The molecule has 0 amide bonds. The van der Waals surface area contributed by atoms with E-state index >= 15 is 0 Å². The molecule has 11 aromatic rings. The molecule has 0 aliphatic heterocycles. The molecule has 0 aliphatic rings. The highest BCUT2D eigenvalue weighted by Gasteiger charge is 2.23. The largest absolute Gasteiger partial charge is 0.455 e. The molecule has 0 atom stereocenters. The zero-order chi connectivity index (χ0) is 36.3. The van der Waals surface area contributed by atoms with E-state index in [1.54, 1.807) is 0 Å². The van der Waals surface area contributed by atoms with Crippen LogP contribution in [0.2, 0.25) is 0 Å². The van der Waals surface area contributed by atoms with Gasteiger partial charge in [-0.2, -0.15) is 0 Å². The Morgan fingerprint density at radius 2 is 0.982 bits per heavy atom. The van der Waals surface area contributed by atoms with Crippen LogP contribution in [0.1, 0.15) is 0 Å². The number of benzene rings is 9. The van der Waals surface area contributed by atoms with Crippen molar-refractivity contribution in [3.63, 3.8) is 0 Å². The van der Waals surface area contributed by atoms with Crippen LogP contribution in [-0.4, -0.2) is 0 Å². The molecule has 3 heteroatoms. The van der Waals surface area contributed by atoms with Crippen molar-refractivity contribution in [2.24, 2.45) is 0 Å². The second kappa shape index (κ2) is 12.9. The third-order valence-corrected chi connectivity index (χ3v) is 12.1. The maximum absolute atomic E-state index is 6.88. The minimum atomic E-state index is 0.864. The molecule has 0 spiro atoms. The van der Waals surface area contributed by atoms with E-state index in [4.69, 9.17) is 4.42 Å². The molecule has 0 saturated heterocycles. The van der Waals surface area contributed by atoms with E-state index in [2.05, 4.69) is 205 Å². The predicted octanol–water partition coefficient (Wildman–Crippen LogP) is 15.6. The SMILES string of the molecule is c1ccc(-c2ccc(N(c3ccccc3)c3cccc4oc5c6ccccc6c(-c6ccc(-c7ccccc7)c7c6sc6ccccc67)cc5c34)cc2)cc1. The first-order valence-corrected chi connectivity index (χ1v) is 19.5. The van der Waals surface area contributed by atoms with Crippen molar-refractivity contribution >= 4 is 81.3 Å². The molecule has 0 fully saturated rings. The number of anilines is 3. The van der Waals surface area contributed by atoms with Crippen molar-refractivity contribution in [2.75, 3.05) is 4.90 Å². The van der Waals surface area contributed by atoms with E-state index in [0.29, 0.717) is 0 Å². The van der Waals surface area contributed by atoms with E-state index in [9.17, 15) is 0 Å². The van der Waals surface area contributed by atoms with Gasteiger partial charge in [-0.05, 0) is 81.7 Å². The van der Waals surface area contributed by atoms with Gasteiger partial charge in [-0.25, -0.2) is 0 Å². The van der Waals surface area contributed by atoms with E-state index < -0.39 is 0 Å². The molecular weight excluding hydrogens is 687 g/mol. The number of para-hydroxylation sites is 1. The Hall–Kier alpha value is -6.94. The summed E-state index contributed by atoms with van der Waals surface area (Å²) in [4.78, 5) is 2.36. The lowest BCUT2D eigenvalue weighted by atomic mass is 9.91. The van der Waals surface area contributed by atoms with Crippen LogP contribution < -0.4 is 4.90 Å². The molecule has 2 aromatic heterocycles. The Kier molecular flexibility index (Phi) is 7.39. The summed E-state index contributed by atoms with van der Waals surface area (Å²) in [5.41, 5.74) is 12.3. The quantitative estimate of drug-likeness (QED) is 0.170. The van der Waals surface area contributed by atoms with Crippen LogP contribution in [0, 0.1) is 0 Å². The average molecular weight is 720 g/mol. The summed E-state index contributed by atoms with van der Waals surface area (Å²) < 4.78 is 9.47. The Balaban J connectivity index is 1.18. The van der Waals surface area contributed by atoms with E-state index in [1.165, 1.54) is 58.9 Å². The summed E-state index contributed by atoms with van der Waals surface area (Å²) >= 11 is 1.88. The molecule has 0 saturated carbocycles. The van der Waals surface area contributed by atoms with Gasteiger partial charge in [-0.1, -0.05) is 152 Å². The Morgan fingerprint density at radius 3 is 1.75 bits per heavy atom. The minimum absolute atomic E-state index is 0.864. The van der Waals surface area contributed by atoms with Gasteiger partial charge in [0.25, 0.3) is 0 Å². The smallest absolute Gasteiger partial charge is 0.143 e. The fourth-order valence-corrected chi connectivity index (χ4v) is 9.63. The molecule has 258 valence electrons. The summed E-state index contributed by atoms with van der Waals surface area (Å²) in [6.07, 6.45) is 0. The number of furan rings is 1. The van der Waals surface area contributed by atoms with Gasteiger partial charge in [0.1, 0.15) is 11.2 Å². The van der Waals surface area contributed by atoms with Crippen molar-refractivity contribution in [2.45, 2.75) is 0 Å². The zero-order valence-electron chi connectivity index (χ0n) is 29.8. The van der Waals surface area contributed by atoms with Crippen LogP contribution in [-0.2, 0) is 0 Å². The maximum Gasteiger partial charge on any atom is 0.143 e. The number of rotatable bonds is 6. The third kappa shape index (κ3) is 5.16. The molecule has 0 aliphatic carbocycles. The molecule has 0 bridgehead atoms. The minimum Gasteiger partial charge on any atom is -0.455 e. The lowest BCUT2D eigenvalue weighted by molar-refractivity contribution is 0.672. The van der Waals surface area contributed by atoms with Crippen LogP contribution in [0.5, 0.6) is 0 Å². The van der Waals surface area contributed by atoms with Crippen LogP contribution in [0.25, 0.3) is 86.3 Å². The summed E-state index contributed by atoms with van der Waals surface area (Å²) in [6.45, 7) is 0. The number of thiophene rings is 1. The fourth-order valence-electron chi connectivity index (χ4n) is 8.38. The van der Waals surface area contributed by atoms with Gasteiger partial charge in [-0.15, -0.1) is 11.3 Å². The van der Waals surface area contributed by atoms with E-state index in [-0.39, 0.29) is 0 Å². The van der Waals surface area contributed by atoms with Gasteiger partial charge in [0.05, 0.1) is 11.1 Å². The zero-order valence-corrected chi connectivity index (χ0v) is 30.6. The fraction of sp³-hybridized carbons (Fsp3) is 0. The van der Waals surface area contributed by atoms with Gasteiger partial charge in [-0.3, -0.25) is 0 Å². The van der Waals surface area contributed by atoms with Gasteiger partial charge in [0, 0.05) is 47.9 Å². The first kappa shape index (κ1) is 31.6. The average Bonchev–Trinajstić information content (AvgIpc) is 3.84. The first-order valence-electron chi connectivity index (χ1n) is 18.7. The molecule has 2 nitrogen and oxygen atoms in total. The topological polar surface area (TPSA) is 16.4 Å². The predicted molar refractivity (Wildman–Crippen MR) is 235 cm³/mol. The molecule has 2 heterocycles. The molecule has 0 N–H and O–H groups in total. The first-order chi connectivity index (χ1) is 27.3. The van der Waals surface area contributed by atoms with Gasteiger partial charge >= 0.3 is 0 Å². The van der Waals surface area contributed by atoms with Crippen molar-refractivity contribution in [3.8, 4) is 33.4 Å². The van der Waals surface area contributed by atoms with Gasteiger partial charge in [0.15, 0.2) is 0 Å². The van der Waals surface area contributed by atoms with Crippen molar-refractivity contribution in [1.29, 1.82) is 0 Å². The molecular formula is C52H33NOS. The van der Waals surface area contributed by atoms with Crippen LogP contribution >= 0.6 is 11.3 Å². The number of fused-ring (bicyclic) bond motifs is 8. The standard InChI is InChI=1S/C52H33NOS/c1-4-15-34(16-5-1)35-27-29-38(30-28-35)53(37-19-8-3-9-20-37)46-24-14-25-47-50(46)45-33-44(40-21-10-11-22-41(40)51(45)54-47)42-32-31-39(36-17-6-2-7-18-36)49-43-23-12-13-26-48(43)55-52(42)49/h1-33H. The normalized spacial score (nSPS) is 11.6. The van der Waals surface area contributed by atoms with Crippen LogP contribution in [0.4, 0.5) is 17.1 Å². The number of hydrogen-bond donors (Lipinski definition) is 0. The van der Waals surface area contributed by atoms with E-state index in [0.717, 1.165) is 44.4 Å². The van der Waals surface area contributed by atoms with Crippen LogP contribution in [0.15, 0.2) is 205 Å². The Labute approximate surface area is 322 Å². The van der Waals surface area contributed by atoms with Crippen molar-refractivity contribution < 1.29 is 4.42 Å². The summed E-state index contributed by atoms with van der Waals surface area (Å²) in [5, 5.41) is 7.08. The second-order valence-electron chi connectivity index (χ2n) is 14.0. The lowest BCUT2D eigenvalue weighted by Crippen LogP contribution is -2.10. The number of hydrogen-bond acceptors (Lipinski definition) is 3. The Morgan fingerprint density at radius 1 is 0.382 bits per heavy atom. The second-order valence-corrected chi connectivity index (χ2v) is 15.1. The summed E-state index contributed by atoms with van der Waals surface area (Å²) in [5.74, 6) is 0. The highest BCUT2D eigenvalue weighted by molar-refractivity contribution is 7.26. The van der Waals surface area contributed by atoms with Gasteiger partial charge < -0.3 is 9.32 Å². The maximum atomic E-state index is 6.88. The van der Waals surface area contributed by atoms with Gasteiger partial charge in [0.2, 0.25) is 0 Å². The summed E-state index contributed by atoms with van der Waals surface area (Å²) in [7, 11) is 0. The number of nitrogens with zero attached hydrogens (tertiary/aromatic N) is 1. The van der Waals surface area contributed by atoms with Crippen molar-refractivity contribution in [1.82, 2.24) is 0 Å². The molecule has 9 aromatic carbocycles. The lowest BCUT2D eigenvalue weighted by Gasteiger charge is -2.26.